The van der Waals surface area contributed by atoms with E-state index in [1.54, 1.807) is 18.7 Å². The first-order valence-electron chi connectivity index (χ1n) is 7.85. The second-order valence-corrected chi connectivity index (χ2v) is 8.07. The molecule has 1 amide bonds. The van der Waals surface area contributed by atoms with Gasteiger partial charge in [-0.3, -0.25) is 4.79 Å². The quantitative estimate of drug-likeness (QED) is 0.764. The molecule has 0 aliphatic heterocycles. The van der Waals surface area contributed by atoms with E-state index >= 15 is 0 Å². The van der Waals surface area contributed by atoms with Gasteiger partial charge in [0.1, 0.15) is 5.75 Å². The van der Waals surface area contributed by atoms with Crippen molar-refractivity contribution in [2.24, 2.45) is 0 Å². The van der Waals surface area contributed by atoms with Gasteiger partial charge < -0.3 is 15.2 Å². The molecule has 2 N–H and O–H groups in total. The molecule has 0 aromatic heterocycles. The van der Waals surface area contributed by atoms with E-state index in [-0.39, 0.29) is 24.5 Å². The molecule has 0 saturated heterocycles. The number of aliphatic hydroxyl groups is 1. The van der Waals surface area contributed by atoms with E-state index in [4.69, 9.17) is 4.74 Å². The molecule has 0 radical (unpaired) electrons. The molecule has 1 atom stereocenters. The predicted molar refractivity (Wildman–Crippen MR) is 97.3 cm³/mol. The van der Waals surface area contributed by atoms with E-state index in [0.29, 0.717) is 12.2 Å². The summed E-state index contributed by atoms with van der Waals surface area (Å²) in [6.45, 7) is 8.37. The summed E-state index contributed by atoms with van der Waals surface area (Å²) in [5.74, 6) is 1.30. The largest absolute Gasteiger partial charge is 0.484 e. The fourth-order valence-electron chi connectivity index (χ4n) is 1.95. The zero-order valence-corrected chi connectivity index (χ0v) is 15.6. The Labute approximate surface area is 144 Å². The van der Waals surface area contributed by atoms with E-state index in [9.17, 15) is 9.90 Å². The smallest absolute Gasteiger partial charge is 0.258 e. The fourth-order valence-corrected chi connectivity index (χ4v) is 2.59. The van der Waals surface area contributed by atoms with Crippen LogP contribution in [0.1, 0.15) is 39.7 Å². The Morgan fingerprint density at radius 2 is 1.83 bits per heavy atom. The Hall–Kier alpha value is -1.20. The molecule has 0 heterocycles. The van der Waals surface area contributed by atoms with Crippen LogP contribution in [0.3, 0.4) is 0 Å². The SMILES string of the molecule is CSCC[C@](C)(O)CNC(=O)COc1ccc(C(C)(C)C)cc1. The van der Waals surface area contributed by atoms with Gasteiger partial charge in [-0.15, -0.1) is 0 Å². The highest BCUT2D eigenvalue weighted by Gasteiger charge is 2.20. The Balaban J connectivity index is 2.39. The first-order valence-corrected chi connectivity index (χ1v) is 9.25. The molecular formula is C18H29NO3S. The van der Waals surface area contributed by atoms with Crippen LogP contribution in [0.2, 0.25) is 0 Å². The van der Waals surface area contributed by atoms with Gasteiger partial charge in [-0.05, 0) is 48.5 Å². The number of hydrogen-bond donors (Lipinski definition) is 2. The van der Waals surface area contributed by atoms with Gasteiger partial charge in [-0.1, -0.05) is 32.9 Å². The van der Waals surface area contributed by atoms with Crippen LogP contribution in [-0.2, 0) is 10.2 Å². The van der Waals surface area contributed by atoms with Crippen molar-refractivity contribution in [1.29, 1.82) is 0 Å². The molecule has 0 fully saturated rings. The Morgan fingerprint density at radius 1 is 1.22 bits per heavy atom. The Bertz CT molecular complexity index is 492. The van der Waals surface area contributed by atoms with Gasteiger partial charge in [-0.2, -0.15) is 11.8 Å². The highest BCUT2D eigenvalue weighted by molar-refractivity contribution is 7.98. The molecule has 4 nitrogen and oxygen atoms in total. The highest BCUT2D eigenvalue weighted by atomic mass is 32.2. The van der Waals surface area contributed by atoms with Crippen molar-refractivity contribution in [3.05, 3.63) is 29.8 Å². The third-order valence-electron chi connectivity index (χ3n) is 3.60. The minimum Gasteiger partial charge on any atom is -0.484 e. The summed E-state index contributed by atoms with van der Waals surface area (Å²) >= 11 is 1.68. The predicted octanol–water partition coefficient (Wildman–Crippen LogP) is 2.98. The molecule has 0 saturated carbocycles. The normalized spacial score (nSPS) is 14.2. The summed E-state index contributed by atoms with van der Waals surface area (Å²) in [7, 11) is 0. The van der Waals surface area contributed by atoms with Crippen LogP contribution < -0.4 is 10.1 Å². The summed E-state index contributed by atoms with van der Waals surface area (Å²) in [5.41, 5.74) is 0.435. The van der Waals surface area contributed by atoms with Crippen LogP contribution in [0.25, 0.3) is 0 Å². The minimum absolute atomic E-state index is 0.0481. The van der Waals surface area contributed by atoms with Gasteiger partial charge in [0.2, 0.25) is 0 Å². The lowest BCUT2D eigenvalue weighted by Crippen LogP contribution is -2.42. The zero-order valence-electron chi connectivity index (χ0n) is 14.8. The molecule has 1 aromatic carbocycles. The molecule has 130 valence electrons. The Morgan fingerprint density at radius 3 is 2.35 bits per heavy atom. The molecular weight excluding hydrogens is 310 g/mol. The maximum atomic E-state index is 11.8. The van der Waals surface area contributed by atoms with Crippen molar-refractivity contribution in [1.82, 2.24) is 5.32 Å². The van der Waals surface area contributed by atoms with E-state index in [1.807, 2.05) is 30.5 Å². The van der Waals surface area contributed by atoms with Crippen LogP contribution in [0.5, 0.6) is 5.75 Å². The average molecular weight is 340 g/mol. The first-order chi connectivity index (χ1) is 10.6. The molecule has 0 unspecified atom stereocenters. The van der Waals surface area contributed by atoms with E-state index in [0.717, 1.165) is 5.75 Å². The first kappa shape index (κ1) is 19.8. The molecule has 23 heavy (non-hydrogen) atoms. The average Bonchev–Trinajstić information content (AvgIpc) is 2.48. The van der Waals surface area contributed by atoms with Crippen molar-refractivity contribution in [2.45, 2.75) is 45.1 Å². The van der Waals surface area contributed by atoms with E-state index in [2.05, 4.69) is 26.1 Å². The molecule has 1 aromatic rings. The molecule has 0 spiro atoms. The minimum atomic E-state index is -0.882. The number of thioether (sulfide) groups is 1. The molecule has 0 aliphatic rings. The summed E-state index contributed by atoms with van der Waals surface area (Å²) < 4.78 is 5.48. The maximum Gasteiger partial charge on any atom is 0.258 e. The lowest BCUT2D eigenvalue weighted by Gasteiger charge is -2.23. The van der Waals surface area contributed by atoms with Gasteiger partial charge >= 0.3 is 0 Å². The monoisotopic (exact) mass is 339 g/mol. The molecule has 1 rings (SSSR count). The van der Waals surface area contributed by atoms with Crippen molar-refractivity contribution < 1.29 is 14.6 Å². The van der Waals surface area contributed by atoms with Gasteiger partial charge in [-0.25, -0.2) is 0 Å². The van der Waals surface area contributed by atoms with Crippen LogP contribution in [0.4, 0.5) is 0 Å². The summed E-state index contributed by atoms with van der Waals surface area (Å²) in [6.07, 6.45) is 2.64. The van der Waals surface area contributed by atoms with Gasteiger partial charge in [0.15, 0.2) is 6.61 Å². The number of carbonyl (C=O) groups is 1. The van der Waals surface area contributed by atoms with Crippen molar-refractivity contribution in [3.63, 3.8) is 0 Å². The van der Waals surface area contributed by atoms with E-state index in [1.165, 1.54) is 5.56 Å². The third kappa shape index (κ3) is 7.75. The summed E-state index contributed by atoms with van der Waals surface area (Å²) in [5, 5.41) is 12.8. The van der Waals surface area contributed by atoms with Crippen LogP contribution in [0, 0.1) is 0 Å². The number of amides is 1. The standard InChI is InChI=1S/C18H29NO3S/c1-17(2,3)14-6-8-15(9-7-14)22-12-16(20)19-13-18(4,21)10-11-23-5/h6-9,21H,10-13H2,1-5H3,(H,19,20)/t18-/m0/s1. The van der Waals surface area contributed by atoms with Gasteiger partial charge in [0.05, 0.1) is 5.60 Å². The lowest BCUT2D eigenvalue weighted by atomic mass is 9.87. The number of rotatable bonds is 8. The summed E-state index contributed by atoms with van der Waals surface area (Å²) in [6, 6.07) is 7.78. The van der Waals surface area contributed by atoms with Crippen molar-refractivity contribution in [2.75, 3.05) is 25.2 Å². The lowest BCUT2D eigenvalue weighted by molar-refractivity contribution is -0.124. The number of benzene rings is 1. The van der Waals surface area contributed by atoms with Crippen molar-refractivity contribution >= 4 is 17.7 Å². The fraction of sp³-hybridized carbons (Fsp3) is 0.611. The second-order valence-electron chi connectivity index (χ2n) is 7.08. The number of nitrogens with one attached hydrogen (secondary N) is 1. The molecule has 0 aliphatic carbocycles. The molecule has 0 bridgehead atoms. The third-order valence-corrected chi connectivity index (χ3v) is 4.21. The number of ether oxygens (including phenoxy) is 1. The van der Waals surface area contributed by atoms with Gasteiger partial charge in [0, 0.05) is 6.54 Å². The zero-order chi connectivity index (χ0) is 17.5. The van der Waals surface area contributed by atoms with Crippen LogP contribution in [0.15, 0.2) is 24.3 Å². The topological polar surface area (TPSA) is 58.6 Å². The van der Waals surface area contributed by atoms with Crippen LogP contribution >= 0.6 is 11.8 Å². The van der Waals surface area contributed by atoms with Crippen LogP contribution in [-0.4, -0.2) is 41.8 Å². The summed E-state index contributed by atoms with van der Waals surface area (Å²) in [4.78, 5) is 11.8. The van der Waals surface area contributed by atoms with Gasteiger partial charge in [0.25, 0.3) is 5.91 Å². The van der Waals surface area contributed by atoms with Crippen molar-refractivity contribution in [3.8, 4) is 5.75 Å². The number of carbonyl (C=O) groups excluding carboxylic acids is 1. The van der Waals surface area contributed by atoms with E-state index < -0.39 is 5.60 Å². The maximum absolute atomic E-state index is 11.8. The second kappa shape index (κ2) is 8.60. The number of hydrogen-bond acceptors (Lipinski definition) is 4. The highest BCUT2D eigenvalue weighted by Crippen LogP contribution is 2.24. The molecule has 5 heteroatoms. The Kier molecular flexibility index (Phi) is 7.42.